The van der Waals surface area contributed by atoms with Crippen molar-refractivity contribution in [3.63, 3.8) is 0 Å². The first-order valence-electron chi connectivity index (χ1n) is 5.50. The summed E-state index contributed by atoms with van der Waals surface area (Å²) in [7, 11) is 0. The Morgan fingerprint density at radius 2 is 2.08 bits per heavy atom. The molecule has 1 fully saturated rings. The SMILES string of the molecule is CC(C)CNCC1(CCO)CCC1. The van der Waals surface area contributed by atoms with Crippen molar-refractivity contribution < 1.29 is 5.11 Å². The number of aliphatic hydroxyl groups excluding tert-OH is 1. The van der Waals surface area contributed by atoms with Crippen LogP contribution in [0.4, 0.5) is 0 Å². The van der Waals surface area contributed by atoms with E-state index in [1.807, 2.05) is 0 Å². The lowest BCUT2D eigenvalue weighted by Gasteiger charge is -2.42. The maximum Gasteiger partial charge on any atom is 0.0436 e. The molecule has 0 amide bonds. The molecule has 0 aromatic carbocycles. The second-order valence-corrected chi connectivity index (χ2v) is 4.85. The summed E-state index contributed by atoms with van der Waals surface area (Å²) < 4.78 is 0. The summed E-state index contributed by atoms with van der Waals surface area (Å²) in [6.45, 7) is 7.02. The van der Waals surface area contributed by atoms with Crippen LogP contribution in [-0.4, -0.2) is 24.8 Å². The predicted octanol–water partition coefficient (Wildman–Crippen LogP) is 1.78. The largest absolute Gasteiger partial charge is 0.396 e. The van der Waals surface area contributed by atoms with E-state index in [1.54, 1.807) is 0 Å². The van der Waals surface area contributed by atoms with E-state index in [-0.39, 0.29) is 0 Å². The van der Waals surface area contributed by atoms with E-state index in [4.69, 9.17) is 5.11 Å². The Morgan fingerprint density at radius 3 is 2.46 bits per heavy atom. The molecular formula is C11H23NO. The molecule has 2 nitrogen and oxygen atoms in total. The summed E-state index contributed by atoms with van der Waals surface area (Å²) in [5.74, 6) is 0.728. The lowest BCUT2D eigenvalue weighted by atomic mass is 9.67. The predicted molar refractivity (Wildman–Crippen MR) is 55.7 cm³/mol. The minimum Gasteiger partial charge on any atom is -0.396 e. The van der Waals surface area contributed by atoms with Gasteiger partial charge in [-0.1, -0.05) is 20.3 Å². The van der Waals surface area contributed by atoms with Crippen molar-refractivity contribution in [3.8, 4) is 0 Å². The summed E-state index contributed by atoms with van der Waals surface area (Å²) in [4.78, 5) is 0. The smallest absolute Gasteiger partial charge is 0.0436 e. The highest BCUT2D eigenvalue weighted by Gasteiger charge is 2.35. The summed E-state index contributed by atoms with van der Waals surface area (Å²) in [6.07, 6.45) is 4.94. The average Bonchev–Trinajstić information content (AvgIpc) is 1.99. The maximum absolute atomic E-state index is 8.95. The molecule has 0 saturated heterocycles. The van der Waals surface area contributed by atoms with Crippen molar-refractivity contribution in [1.82, 2.24) is 5.32 Å². The third kappa shape index (κ3) is 3.28. The first kappa shape index (κ1) is 11.0. The minimum absolute atomic E-state index is 0.351. The van der Waals surface area contributed by atoms with Crippen molar-refractivity contribution in [2.24, 2.45) is 11.3 Å². The molecule has 1 saturated carbocycles. The molecule has 1 aliphatic rings. The Morgan fingerprint density at radius 1 is 1.38 bits per heavy atom. The van der Waals surface area contributed by atoms with E-state index in [0.29, 0.717) is 12.0 Å². The molecule has 1 rings (SSSR count). The van der Waals surface area contributed by atoms with Crippen molar-refractivity contribution in [2.45, 2.75) is 39.5 Å². The van der Waals surface area contributed by atoms with E-state index in [1.165, 1.54) is 19.3 Å². The Hall–Kier alpha value is -0.0800. The third-order valence-corrected chi connectivity index (χ3v) is 3.11. The van der Waals surface area contributed by atoms with E-state index >= 15 is 0 Å². The zero-order chi connectivity index (χ0) is 9.73. The number of nitrogens with one attached hydrogen (secondary N) is 1. The van der Waals surface area contributed by atoms with Gasteiger partial charge in [0.1, 0.15) is 0 Å². The Bertz CT molecular complexity index is 141. The lowest BCUT2D eigenvalue weighted by Crippen LogP contribution is -2.41. The number of rotatable bonds is 6. The summed E-state index contributed by atoms with van der Waals surface area (Å²) >= 11 is 0. The van der Waals surface area contributed by atoms with Crippen LogP contribution in [0.2, 0.25) is 0 Å². The van der Waals surface area contributed by atoms with Gasteiger partial charge in [0, 0.05) is 13.2 Å². The molecule has 1 aliphatic carbocycles. The second-order valence-electron chi connectivity index (χ2n) is 4.85. The highest BCUT2D eigenvalue weighted by atomic mass is 16.3. The van der Waals surface area contributed by atoms with Crippen LogP contribution in [0.25, 0.3) is 0 Å². The van der Waals surface area contributed by atoms with Crippen LogP contribution in [0.1, 0.15) is 39.5 Å². The van der Waals surface area contributed by atoms with Crippen LogP contribution in [0.3, 0.4) is 0 Å². The Balaban J connectivity index is 2.16. The van der Waals surface area contributed by atoms with Gasteiger partial charge in [-0.15, -0.1) is 0 Å². The average molecular weight is 185 g/mol. The molecule has 78 valence electrons. The Labute approximate surface area is 81.7 Å². The van der Waals surface area contributed by atoms with Crippen LogP contribution in [0, 0.1) is 11.3 Å². The van der Waals surface area contributed by atoms with Gasteiger partial charge in [-0.2, -0.15) is 0 Å². The van der Waals surface area contributed by atoms with Gasteiger partial charge in [-0.3, -0.25) is 0 Å². The zero-order valence-electron chi connectivity index (χ0n) is 8.97. The van der Waals surface area contributed by atoms with Crippen LogP contribution in [0.5, 0.6) is 0 Å². The van der Waals surface area contributed by atoms with E-state index < -0.39 is 0 Å². The van der Waals surface area contributed by atoms with Gasteiger partial charge in [-0.05, 0) is 37.1 Å². The standard InChI is InChI=1S/C11H23NO/c1-10(2)8-12-9-11(6-7-13)4-3-5-11/h10,12-13H,3-9H2,1-2H3. The van der Waals surface area contributed by atoms with Crippen molar-refractivity contribution in [2.75, 3.05) is 19.7 Å². The molecular weight excluding hydrogens is 162 g/mol. The van der Waals surface area contributed by atoms with Gasteiger partial charge in [0.05, 0.1) is 0 Å². The maximum atomic E-state index is 8.95. The molecule has 0 spiro atoms. The molecule has 0 atom stereocenters. The molecule has 0 aliphatic heterocycles. The third-order valence-electron chi connectivity index (χ3n) is 3.11. The number of aliphatic hydroxyl groups is 1. The fourth-order valence-electron chi connectivity index (χ4n) is 2.06. The quantitative estimate of drug-likeness (QED) is 0.661. The number of hydrogen-bond acceptors (Lipinski definition) is 2. The summed E-state index contributed by atoms with van der Waals surface area (Å²) in [6, 6.07) is 0. The summed E-state index contributed by atoms with van der Waals surface area (Å²) in [5, 5.41) is 12.4. The number of hydrogen-bond donors (Lipinski definition) is 2. The molecule has 13 heavy (non-hydrogen) atoms. The molecule has 2 heteroatoms. The zero-order valence-corrected chi connectivity index (χ0v) is 8.97. The van der Waals surface area contributed by atoms with Crippen molar-refractivity contribution in [1.29, 1.82) is 0 Å². The fourth-order valence-corrected chi connectivity index (χ4v) is 2.06. The van der Waals surface area contributed by atoms with Crippen molar-refractivity contribution >= 4 is 0 Å². The second kappa shape index (κ2) is 4.97. The lowest BCUT2D eigenvalue weighted by molar-refractivity contribution is 0.0856. The first-order valence-corrected chi connectivity index (χ1v) is 5.50. The molecule has 2 N–H and O–H groups in total. The molecule has 0 bridgehead atoms. The van der Waals surface area contributed by atoms with Crippen LogP contribution in [0.15, 0.2) is 0 Å². The van der Waals surface area contributed by atoms with E-state index in [2.05, 4.69) is 19.2 Å². The van der Waals surface area contributed by atoms with Crippen LogP contribution in [-0.2, 0) is 0 Å². The van der Waals surface area contributed by atoms with Gasteiger partial charge in [-0.25, -0.2) is 0 Å². The fraction of sp³-hybridized carbons (Fsp3) is 1.00. The van der Waals surface area contributed by atoms with Crippen molar-refractivity contribution in [3.05, 3.63) is 0 Å². The Kier molecular flexibility index (Phi) is 4.20. The van der Waals surface area contributed by atoms with Gasteiger partial charge >= 0.3 is 0 Å². The van der Waals surface area contributed by atoms with Gasteiger partial charge in [0.2, 0.25) is 0 Å². The monoisotopic (exact) mass is 185 g/mol. The highest BCUT2D eigenvalue weighted by molar-refractivity contribution is 4.89. The molecule has 0 radical (unpaired) electrons. The van der Waals surface area contributed by atoms with Gasteiger partial charge in [0.25, 0.3) is 0 Å². The highest BCUT2D eigenvalue weighted by Crippen LogP contribution is 2.43. The minimum atomic E-state index is 0.351. The normalized spacial score (nSPS) is 20.3. The van der Waals surface area contributed by atoms with E-state index in [0.717, 1.165) is 25.4 Å². The molecule has 0 heterocycles. The topological polar surface area (TPSA) is 32.3 Å². The molecule has 0 aromatic heterocycles. The van der Waals surface area contributed by atoms with E-state index in [9.17, 15) is 0 Å². The van der Waals surface area contributed by atoms with Gasteiger partial charge < -0.3 is 10.4 Å². The summed E-state index contributed by atoms with van der Waals surface area (Å²) in [5.41, 5.74) is 0.448. The molecule has 0 unspecified atom stereocenters. The first-order chi connectivity index (χ1) is 6.18. The molecule has 0 aromatic rings. The van der Waals surface area contributed by atoms with Crippen LogP contribution < -0.4 is 5.32 Å². The van der Waals surface area contributed by atoms with Gasteiger partial charge in [0.15, 0.2) is 0 Å². The van der Waals surface area contributed by atoms with Crippen LogP contribution >= 0.6 is 0 Å².